The first-order valence-corrected chi connectivity index (χ1v) is 9.83. The fourth-order valence-corrected chi connectivity index (χ4v) is 3.26. The molecule has 1 aromatic rings. The summed E-state index contributed by atoms with van der Waals surface area (Å²) in [5, 5.41) is 0. The second-order valence-electron chi connectivity index (χ2n) is 7.39. The molecule has 0 bridgehead atoms. The van der Waals surface area contributed by atoms with Crippen LogP contribution in [0.1, 0.15) is 44.2 Å². The van der Waals surface area contributed by atoms with Crippen molar-refractivity contribution in [1.29, 1.82) is 0 Å². The molecule has 2 rings (SSSR count). The van der Waals surface area contributed by atoms with Gasteiger partial charge in [-0.15, -0.1) is 24.8 Å². The van der Waals surface area contributed by atoms with Crippen molar-refractivity contribution in [2.75, 3.05) is 52.5 Å². The summed E-state index contributed by atoms with van der Waals surface area (Å²) in [5.41, 5.74) is 2.24. The molecule has 7 heteroatoms. The van der Waals surface area contributed by atoms with E-state index in [1.165, 1.54) is 13.0 Å². The number of halogens is 2. The molecule has 1 aliphatic heterocycles. The number of esters is 1. The molecular formula is C21H36Cl2N2O3. The third kappa shape index (κ3) is 8.99. The number of rotatable bonds is 9. The van der Waals surface area contributed by atoms with Gasteiger partial charge in [0.25, 0.3) is 0 Å². The Hall–Kier alpha value is -1.01. The zero-order valence-corrected chi connectivity index (χ0v) is 19.2. The van der Waals surface area contributed by atoms with E-state index in [1.54, 1.807) is 0 Å². The van der Waals surface area contributed by atoms with Gasteiger partial charge >= 0.3 is 5.97 Å². The number of benzene rings is 1. The molecule has 1 aliphatic rings. The number of nitrogens with zero attached hydrogens (tertiary/aromatic N) is 2. The molecule has 1 aromatic carbocycles. The highest BCUT2D eigenvalue weighted by Crippen LogP contribution is 2.27. The maximum atomic E-state index is 12.0. The molecule has 0 spiro atoms. The summed E-state index contributed by atoms with van der Waals surface area (Å²) in [6.07, 6.45) is 1.21. The zero-order chi connectivity index (χ0) is 18.9. The fourth-order valence-electron chi connectivity index (χ4n) is 3.26. The molecule has 5 nitrogen and oxygen atoms in total. The number of hydrogen-bond acceptors (Lipinski definition) is 5. The van der Waals surface area contributed by atoms with E-state index in [9.17, 15) is 4.79 Å². The van der Waals surface area contributed by atoms with Gasteiger partial charge in [-0.1, -0.05) is 32.9 Å². The van der Waals surface area contributed by atoms with Gasteiger partial charge in [0.2, 0.25) is 0 Å². The van der Waals surface area contributed by atoms with Crippen LogP contribution in [0.15, 0.2) is 18.2 Å². The molecule has 0 radical (unpaired) electrons. The molecule has 0 aliphatic carbocycles. The highest BCUT2D eigenvalue weighted by molar-refractivity contribution is 5.85. The SMILES string of the molecule is CCCN1CCN(CCOC(=O)COc2cc(C)ccc2C(C)C)CC1.Cl.Cl. The van der Waals surface area contributed by atoms with Crippen molar-refractivity contribution in [2.45, 2.75) is 40.0 Å². The smallest absolute Gasteiger partial charge is 0.344 e. The minimum absolute atomic E-state index is 0. The standard InChI is InChI=1S/C21H34N2O3.2ClH/c1-5-8-22-9-11-23(12-10-22)13-14-25-21(24)16-26-20-15-18(4)6-7-19(20)17(2)3;;/h6-7,15,17H,5,8-14,16H2,1-4H3;2*1H. The average molecular weight is 435 g/mol. The average Bonchev–Trinajstić information content (AvgIpc) is 2.61. The van der Waals surface area contributed by atoms with Gasteiger partial charge in [0.1, 0.15) is 12.4 Å². The first-order valence-electron chi connectivity index (χ1n) is 9.83. The van der Waals surface area contributed by atoms with Crippen molar-refractivity contribution in [1.82, 2.24) is 9.80 Å². The minimum Gasteiger partial charge on any atom is -0.482 e. The lowest BCUT2D eigenvalue weighted by atomic mass is 10.0. The summed E-state index contributed by atoms with van der Waals surface area (Å²) in [4.78, 5) is 16.8. The van der Waals surface area contributed by atoms with Crippen molar-refractivity contribution in [3.8, 4) is 5.75 Å². The van der Waals surface area contributed by atoms with Gasteiger partial charge in [0.15, 0.2) is 6.61 Å². The minimum atomic E-state index is -0.300. The van der Waals surface area contributed by atoms with E-state index in [2.05, 4.69) is 42.7 Å². The molecule has 0 saturated carbocycles. The monoisotopic (exact) mass is 434 g/mol. The van der Waals surface area contributed by atoms with Gasteiger partial charge in [-0.05, 0) is 43.0 Å². The Balaban J connectivity index is 0.00000364. The molecule has 0 amide bonds. The Labute approximate surface area is 182 Å². The lowest BCUT2D eigenvalue weighted by Gasteiger charge is -2.34. The van der Waals surface area contributed by atoms with Gasteiger partial charge in [0.05, 0.1) is 0 Å². The number of aryl methyl sites for hydroxylation is 1. The Morgan fingerprint density at radius 3 is 2.25 bits per heavy atom. The van der Waals surface area contributed by atoms with Crippen molar-refractivity contribution >= 4 is 30.8 Å². The molecule has 1 saturated heterocycles. The van der Waals surface area contributed by atoms with Crippen LogP contribution in [-0.2, 0) is 9.53 Å². The predicted molar refractivity (Wildman–Crippen MR) is 119 cm³/mol. The van der Waals surface area contributed by atoms with Gasteiger partial charge in [-0.25, -0.2) is 4.79 Å². The maximum Gasteiger partial charge on any atom is 0.344 e. The summed E-state index contributed by atoms with van der Waals surface area (Å²) < 4.78 is 11.1. The third-order valence-electron chi connectivity index (χ3n) is 4.81. The lowest BCUT2D eigenvalue weighted by molar-refractivity contribution is -0.146. The van der Waals surface area contributed by atoms with Crippen molar-refractivity contribution in [3.63, 3.8) is 0 Å². The van der Waals surface area contributed by atoms with Crippen molar-refractivity contribution < 1.29 is 14.3 Å². The summed E-state index contributed by atoms with van der Waals surface area (Å²) in [7, 11) is 0. The van der Waals surface area contributed by atoms with Crippen LogP contribution in [0, 0.1) is 6.92 Å². The number of piperazine rings is 1. The van der Waals surface area contributed by atoms with E-state index in [0.29, 0.717) is 12.5 Å². The Morgan fingerprint density at radius 1 is 1.07 bits per heavy atom. The molecule has 162 valence electrons. The van der Waals surface area contributed by atoms with E-state index < -0.39 is 0 Å². The molecule has 0 aromatic heterocycles. The van der Waals surface area contributed by atoms with Gasteiger partial charge in [-0.3, -0.25) is 4.90 Å². The van der Waals surface area contributed by atoms with E-state index in [1.807, 2.05) is 13.0 Å². The second-order valence-corrected chi connectivity index (χ2v) is 7.39. The molecule has 0 unspecified atom stereocenters. The van der Waals surface area contributed by atoms with Crippen molar-refractivity contribution in [3.05, 3.63) is 29.3 Å². The van der Waals surface area contributed by atoms with Crippen LogP contribution in [0.5, 0.6) is 5.75 Å². The van der Waals surface area contributed by atoms with E-state index in [0.717, 1.165) is 49.6 Å². The first-order chi connectivity index (χ1) is 12.5. The lowest BCUT2D eigenvalue weighted by Crippen LogP contribution is -2.47. The van der Waals surface area contributed by atoms with Gasteiger partial charge in [-0.2, -0.15) is 0 Å². The molecular weight excluding hydrogens is 399 g/mol. The second kappa shape index (κ2) is 14.0. The highest BCUT2D eigenvalue weighted by atomic mass is 35.5. The molecule has 1 heterocycles. The number of ether oxygens (including phenoxy) is 2. The largest absolute Gasteiger partial charge is 0.482 e. The van der Waals surface area contributed by atoms with Crippen LogP contribution in [-0.4, -0.2) is 68.3 Å². The number of hydrogen-bond donors (Lipinski definition) is 0. The summed E-state index contributed by atoms with van der Waals surface area (Å²) >= 11 is 0. The van der Waals surface area contributed by atoms with E-state index >= 15 is 0 Å². The Bertz CT molecular complexity index is 577. The summed E-state index contributed by atoms with van der Waals surface area (Å²) in [6.45, 7) is 15.2. The fraction of sp³-hybridized carbons (Fsp3) is 0.667. The highest BCUT2D eigenvalue weighted by Gasteiger charge is 2.16. The molecule has 0 N–H and O–H groups in total. The summed E-state index contributed by atoms with van der Waals surface area (Å²) in [5.74, 6) is 0.836. The molecule has 28 heavy (non-hydrogen) atoms. The van der Waals surface area contributed by atoms with Crippen LogP contribution in [0.4, 0.5) is 0 Å². The van der Waals surface area contributed by atoms with Crippen LogP contribution in [0.2, 0.25) is 0 Å². The van der Waals surface area contributed by atoms with E-state index in [4.69, 9.17) is 9.47 Å². The molecule has 1 fully saturated rings. The maximum absolute atomic E-state index is 12.0. The topological polar surface area (TPSA) is 42.0 Å². The summed E-state index contributed by atoms with van der Waals surface area (Å²) in [6, 6.07) is 6.12. The normalized spacial score (nSPS) is 14.9. The van der Waals surface area contributed by atoms with Crippen LogP contribution in [0.25, 0.3) is 0 Å². The molecule has 0 atom stereocenters. The van der Waals surface area contributed by atoms with Crippen molar-refractivity contribution in [2.24, 2.45) is 0 Å². The van der Waals surface area contributed by atoms with Crippen LogP contribution >= 0.6 is 24.8 Å². The third-order valence-corrected chi connectivity index (χ3v) is 4.81. The van der Waals surface area contributed by atoms with Gasteiger partial charge in [0, 0.05) is 32.7 Å². The Kier molecular flexibility index (Phi) is 13.5. The quantitative estimate of drug-likeness (QED) is 0.551. The zero-order valence-electron chi connectivity index (χ0n) is 17.6. The number of carbonyl (C=O) groups is 1. The first kappa shape index (κ1) is 27.0. The van der Waals surface area contributed by atoms with E-state index in [-0.39, 0.29) is 37.4 Å². The van der Waals surface area contributed by atoms with Crippen LogP contribution < -0.4 is 4.74 Å². The Morgan fingerprint density at radius 2 is 1.68 bits per heavy atom. The van der Waals surface area contributed by atoms with Crippen LogP contribution in [0.3, 0.4) is 0 Å². The van der Waals surface area contributed by atoms with Gasteiger partial charge < -0.3 is 14.4 Å². The number of carbonyl (C=O) groups excluding carboxylic acids is 1. The predicted octanol–water partition coefficient (Wildman–Crippen LogP) is 3.91.